The highest BCUT2D eigenvalue weighted by Gasteiger charge is 2.05. The third-order valence-electron chi connectivity index (χ3n) is 2.62. The van der Waals surface area contributed by atoms with Crippen molar-refractivity contribution >= 4 is 11.9 Å². The van der Waals surface area contributed by atoms with Crippen LogP contribution in [0.1, 0.15) is 31.4 Å². The van der Waals surface area contributed by atoms with Crippen LogP contribution < -0.4 is 16.0 Å². The summed E-state index contributed by atoms with van der Waals surface area (Å²) in [5.41, 5.74) is 1.49. The zero-order valence-electron chi connectivity index (χ0n) is 12.3. The first kappa shape index (κ1) is 16.5. The standard InChI is InChI=1S/C15H20N4O2/c1-11(2)19-14(20)7-8-17-15(21)18-10-13-5-3-12(9-16)4-6-13/h3-6,11H,7-8,10H2,1-2H3,(H,19,20)(H2,17,18,21). The van der Waals surface area contributed by atoms with E-state index < -0.39 is 0 Å². The molecule has 0 spiro atoms. The molecule has 1 aromatic rings. The Labute approximate surface area is 124 Å². The zero-order chi connectivity index (χ0) is 15.7. The summed E-state index contributed by atoms with van der Waals surface area (Å²) in [5, 5.41) is 16.7. The average molecular weight is 288 g/mol. The Balaban J connectivity index is 2.22. The fourth-order valence-corrected chi connectivity index (χ4v) is 1.63. The molecule has 6 nitrogen and oxygen atoms in total. The summed E-state index contributed by atoms with van der Waals surface area (Å²) in [6.45, 7) is 4.43. The van der Waals surface area contributed by atoms with Gasteiger partial charge in [-0.15, -0.1) is 0 Å². The van der Waals surface area contributed by atoms with Crippen LogP contribution in [0.3, 0.4) is 0 Å². The summed E-state index contributed by atoms with van der Waals surface area (Å²) in [6.07, 6.45) is 0.252. The molecular weight excluding hydrogens is 268 g/mol. The van der Waals surface area contributed by atoms with Crippen LogP contribution in [-0.4, -0.2) is 24.5 Å². The molecule has 112 valence electrons. The smallest absolute Gasteiger partial charge is 0.315 e. The van der Waals surface area contributed by atoms with Crippen molar-refractivity contribution in [3.05, 3.63) is 35.4 Å². The number of nitrogens with zero attached hydrogens (tertiary/aromatic N) is 1. The minimum atomic E-state index is -0.322. The Morgan fingerprint density at radius 1 is 1.19 bits per heavy atom. The Morgan fingerprint density at radius 2 is 1.86 bits per heavy atom. The van der Waals surface area contributed by atoms with Gasteiger partial charge in [-0.2, -0.15) is 5.26 Å². The van der Waals surface area contributed by atoms with Gasteiger partial charge in [-0.1, -0.05) is 12.1 Å². The van der Waals surface area contributed by atoms with Crippen LogP contribution in [0.4, 0.5) is 4.79 Å². The van der Waals surface area contributed by atoms with Crippen LogP contribution in [0.25, 0.3) is 0 Å². The molecule has 0 aliphatic carbocycles. The van der Waals surface area contributed by atoms with Crippen molar-refractivity contribution in [1.82, 2.24) is 16.0 Å². The van der Waals surface area contributed by atoms with Crippen molar-refractivity contribution in [2.24, 2.45) is 0 Å². The molecule has 1 aromatic carbocycles. The van der Waals surface area contributed by atoms with E-state index in [-0.39, 0.29) is 30.9 Å². The number of hydrogen-bond acceptors (Lipinski definition) is 3. The lowest BCUT2D eigenvalue weighted by Crippen LogP contribution is -2.38. The number of nitrogens with one attached hydrogen (secondary N) is 3. The zero-order valence-corrected chi connectivity index (χ0v) is 12.3. The normalized spacial score (nSPS) is 9.81. The summed E-state index contributed by atoms with van der Waals surface area (Å²) < 4.78 is 0. The second kappa shape index (κ2) is 8.59. The van der Waals surface area contributed by atoms with Gasteiger partial charge >= 0.3 is 6.03 Å². The minimum Gasteiger partial charge on any atom is -0.354 e. The molecule has 3 amide bonds. The molecule has 0 aromatic heterocycles. The van der Waals surface area contributed by atoms with E-state index in [4.69, 9.17) is 5.26 Å². The van der Waals surface area contributed by atoms with Crippen LogP contribution >= 0.6 is 0 Å². The summed E-state index contributed by atoms with van der Waals surface area (Å²) in [7, 11) is 0. The summed E-state index contributed by atoms with van der Waals surface area (Å²) in [5.74, 6) is -0.0857. The number of urea groups is 1. The fourth-order valence-electron chi connectivity index (χ4n) is 1.63. The molecule has 0 radical (unpaired) electrons. The predicted octanol–water partition coefficient (Wildman–Crippen LogP) is 1.27. The molecule has 0 aliphatic heterocycles. The Hall–Kier alpha value is -2.55. The first-order valence-electron chi connectivity index (χ1n) is 6.81. The maximum Gasteiger partial charge on any atom is 0.315 e. The van der Waals surface area contributed by atoms with Gasteiger partial charge in [-0.3, -0.25) is 4.79 Å². The van der Waals surface area contributed by atoms with E-state index in [1.165, 1.54) is 0 Å². The highest BCUT2D eigenvalue weighted by molar-refractivity contribution is 5.78. The van der Waals surface area contributed by atoms with Crippen molar-refractivity contribution in [3.8, 4) is 6.07 Å². The summed E-state index contributed by atoms with van der Waals surface area (Å²) in [6, 6.07) is 8.78. The number of rotatable bonds is 6. The lowest BCUT2D eigenvalue weighted by Gasteiger charge is -2.10. The fraction of sp³-hybridized carbons (Fsp3) is 0.400. The second-order valence-corrected chi connectivity index (χ2v) is 4.89. The molecule has 0 aliphatic rings. The van der Waals surface area contributed by atoms with Crippen molar-refractivity contribution in [1.29, 1.82) is 5.26 Å². The van der Waals surface area contributed by atoms with Crippen LogP contribution in [0.15, 0.2) is 24.3 Å². The molecule has 0 fully saturated rings. The highest BCUT2D eigenvalue weighted by atomic mass is 16.2. The monoisotopic (exact) mass is 288 g/mol. The van der Waals surface area contributed by atoms with Gasteiger partial charge in [0, 0.05) is 25.6 Å². The highest BCUT2D eigenvalue weighted by Crippen LogP contribution is 2.02. The van der Waals surface area contributed by atoms with Gasteiger partial charge < -0.3 is 16.0 Å². The number of nitriles is 1. The van der Waals surface area contributed by atoms with Gasteiger partial charge in [0.15, 0.2) is 0 Å². The summed E-state index contributed by atoms with van der Waals surface area (Å²) >= 11 is 0. The second-order valence-electron chi connectivity index (χ2n) is 4.89. The first-order chi connectivity index (χ1) is 10.0. The Bertz CT molecular complexity index is 517. The van der Waals surface area contributed by atoms with E-state index >= 15 is 0 Å². The SMILES string of the molecule is CC(C)NC(=O)CCNC(=O)NCc1ccc(C#N)cc1. The molecule has 6 heteroatoms. The van der Waals surface area contributed by atoms with Crippen molar-refractivity contribution in [2.75, 3.05) is 6.54 Å². The molecule has 0 heterocycles. The molecule has 0 unspecified atom stereocenters. The lowest BCUT2D eigenvalue weighted by atomic mass is 10.1. The number of benzene rings is 1. The lowest BCUT2D eigenvalue weighted by molar-refractivity contribution is -0.121. The molecule has 0 atom stereocenters. The van der Waals surface area contributed by atoms with Crippen molar-refractivity contribution in [3.63, 3.8) is 0 Å². The van der Waals surface area contributed by atoms with Gasteiger partial charge in [0.1, 0.15) is 0 Å². The molecular formula is C15H20N4O2. The van der Waals surface area contributed by atoms with Crippen molar-refractivity contribution in [2.45, 2.75) is 32.9 Å². The van der Waals surface area contributed by atoms with E-state index in [2.05, 4.69) is 16.0 Å². The predicted molar refractivity (Wildman–Crippen MR) is 79.3 cm³/mol. The van der Waals surface area contributed by atoms with Gasteiger partial charge in [0.25, 0.3) is 0 Å². The van der Waals surface area contributed by atoms with E-state index in [1.54, 1.807) is 24.3 Å². The average Bonchev–Trinajstić information content (AvgIpc) is 2.45. The Morgan fingerprint density at radius 3 is 2.43 bits per heavy atom. The van der Waals surface area contributed by atoms with E-state index in [0.29, 0.717) is 12.1 Å². The molecule has 1 rings (SSSR count). The molecule has 21 heavy (non-hydrogen) atoms. The van der Waals surface area contributed by atoms with Gasteiger partial charge in [0.05, 0.1) is 11.6 Å². The van der Waals surface area contributed by atoms with Gasteiger partial charge in [-0.25, -0.2) is 4.79 Å². The number of carbonyl (C=O) groups is 2. The quantitative estimate of drug-likeness (QED) is 0.736. The molecule has 0 saturated carbocycles. The van der Waals surface area contributed by atoms with Crippen LogP contribution in [-0.2, 0) is 11.3 Å². The maximum absolute atomic E-state index is 11.5. The number of hydrogen-bond donors (Lipinski definition) is 3. The Kier molecular flexibility index (Phi) is 6.75. The van der Waals surface area contributed by atoms with Gasteiger partial charge in [0.2, 0.25) is 5.91 Å². The molecule has 0 bridgehead atoms. The van der Waals surface area contributed by atoms with Crippen LogP contribution in [0.2, 0.25) is 0 Å². The largest absolute Gasteiger partial charge is 0.354 e. The molecule has 0 saturated heterocycles. The molecule has 3 N–H and O–H groups in total. The third-order valence-corrected chi connectivity index (χ3v) is 2.62. The number of amides is 3. The first-order valence-corrected chi connectivity index (χ1v) is 6.81. The van der Waals surface area contributed by atoms with E-state index in [1.807, 2.05) is 19.9 Å². The van der Waals surface area contributed by atoms with Crippen LogP contribution in [0, 0.1) is 11.3 Å². The third kappa shape index (κ3) is 6.97. The minimum absolute atomic E-state index is 0.0857. The van der Waals surface area contributed by atoms with Gasteiger partial charge in [-0.05, 0) is 31.5 Å². The number of carbonyl (C=O) groups excluding carboxylic acids is 2. The maximum atomic E-state index is 11.5. The summed E-state index contributed by atoms with van der Waals surface area (Å²) in [4.78, 5) is 22.9. The topological polar surface area (TPSA) is 94.0 Å². The van der Waals surface area contributed by atoms with E-state index in [0.717, 1.165) is 5.56 Å². The van der Waals surface area contributed by atoms with Crippen LogP contribution in [0.5, 0.6) is 0 Å². The van der Waals surface area contributed by atoms with E-state index in [9.17, 15) is 9.59 Å². The van der Waals surface area contributed by atoms with Crippen molar-refractivity contribution < 1.29 is 9.59 Å².